The molecule has 4 nitrogen and oxygen atoms in total. The molecule has 1 aliphatic rings. The van der Waals surface area contributed by atoms with Gasteiger partial charge in [-0.05, 0) is 18.2 Å². The Kier molecular flexibility index (Phi) is 2.68. The van der Waals surface area contributed by atoms with Crippen molar-refractivity contribution in [3.63, 3.8) is 0 Å². The summed E-state index contributed by atoms with van der Waals surface area (Å²) in [6.07, 6.45) is 0.158. The lowest BCUT2D eigenvalue weighted by Gasteiger charge is -2.24. The van der Waals surface area contributed by atoms with Gasteiger partial charge < -0.3 is 15.2 Å². The third-order valence-corrected chi connectivity index (χ3v) is 2.53. The van der Waals surface area contributed by atoms with Gasteiger partial charge in [0.1, 0.15) is 5.75 Å². The third-order valence-electron chi connectivity index (χ3n) is 2.30. The molecule has 1 aromatic rings. The molecule has 0 aromatic heterocycles. The van der Waals surface area contributed by atoms with Crippen molar-refractivity contribution in [2.75, 3.05) is 6.61 Å². The van der Waals surface area contributed by atoms with Crippen molar-refractivity contribution >= 4 is 17.7 Å². The monoisotopic (exact) mass is 227 g/mol. The molecule has 1 aromatic carbocycles. The average Bonchev–Trinajstić information content (AvgIpc) is 2.22. The van der Waals surface area contributed by atoms with Crippen LogP contribution >= 0.6 is 11.6 Å². The Bertz CT molecular complexity index is 394. The van der Waals surface area contributed by atoms with Gasteiger partial charge in [-0.25, -0.2) is 4.79 Å². The van der Waals surface area contributed by atoms with E-state index in [0.717, 1.165) is 0 Å². The van der Waals surface area contributed by atoms with Crippen LogP contribution in [0.15, 0.2) is 18.2 Å². The Balaban J connectivity index is 2.27. The summed E-state index contributed by atoms with van der Waals surface area (Å²) in [4.78, 5) is 11.0. The van der Waals surface area contributed by atoms with Gasteiger partial charge in [-0.2, -0.15) is 0 Å². The van der Waals surface area contributed by atoms with E-state index in [1.807, 2.05) is 0 Å². The van der Waals surface area contributed by atoms with E-state index in [0.29, 0.717) is 23.6 Å². The zero-order valence-corrected chi connectivity index (χ0v) is 8.62. The van der Waals surface area contributed by atoms with Crippen LogP contribution in [0.1, 0.15) is 18.0 Å². The molecule has 0 bridgehead atoms. The van der Waals surface area contributed by atoms with Crippen molar-refractivity contribution in [2.24, 2.45) is 0 Å². The van der Waals surface area contributed by atoms with E-state index < -0.39 is 6.09 Å². The Labute approximate surface area is 91.8 Å². The first kappa shape index (κ1) is 10.1. The van der Waals surface area contributed by atoms with E-state index in [-0.39, 0.29) is 11.8 Å². The highest BCUT2D eigenvalue weighted by molar-refractivity contribution is 6.30. The molecule has 5 heteroatoms. The van der Waals surface area contributed by atoms with Crippen molar-refractivity contribution < 1.29 is 14.6 Å². The molecule has 15 heavy (non-hydrogen) atoms. The summed E-state index contributed by atoms with van der Waals surface area (Å²) in [5.41, 5.74) is 0.624. The molecule has 80 valence electrons. The lowest BCUT2D eigenvalue weighted by Crippen LogP contribution is -2.35. The summed E-state index contributed by atoms with van der Waals surface area (Å²) in [5.74, 6) is 0.131. The summed E-state index contributed by atoms with van der Waals surface area (Å²) in [7, 11) is 0. The summed E-state index contributed by atoms with van der Waals surface area (Å²) >= 11 is 5.82. The number of benzene rings is 1. The summed E-state index contributed by atoms with van der Waals surface area (Å²) < 4.78 is 4.74. The standard InChI is InChI=1S/C10H10ClNO3/c11-6-1-2-9(13)7(5-6)8-3-4-15-10(14)12-8/h1-2,5,8,13H,3-4H2,(H,12,14)/t8-/m0/s1. The molecule has 0 spiro atoms. The highest BCUT2D eigenvalue weighted by Crippen LogP contribution is 2.30. The molecule has 0 unspecified atom stereocenters. The second-order valence-electron chi connectivity index (χ2n) is 3.32. The lowest BCUT2D eigenvalue weighted by molar-refractivity contribution is 0.115. The van der Waals surface area contributed by atoms with E-state index >= 15 is 0 Å². The highest BCUT2D eigenvalue weighted by atomic mass is 35.5. The van der Waals surface area contributed by atoms with Crippen LogP contribution in [0.5, 0.6) is 5.75 Å². The first-order valence-corrected chi connectivity index (χ1v) is 4.96. The Morgan fingerprint density at radius 3 is 3.07 bits per heavy atom. The van der Waals surface area contributed by atoms with Gasteiger partial charge in [-0.15, -0.1) is 0 Å². The zero-order valence-electron chi connectivity index (χ0n) is 7.87. The number of carbonyl (C=O) groups excluding carboxylic acids is 1. The SMILES string of the molecule is O=C1N[C@H](c2cc(Cl)ccc2O)CCO1. The van der Waals surface area contributed by atoms with E-state index in [4.69, 9.17) is 16.3 Å². The fourth-order valence-electron chi connectivity index (χ4n) is 1.56. The number of phenolic OH excluding ortho intramolecular Hbond substituents is 1. The Hall–Kier alpha value is -1.42. The number of nitrogens with one attached hydrogen (secondary N) is 1. The van der Waals surface area contributed by atoms with Crippen LogP contribution < -0.4 is 5.32 Å². The molecule has 1 amide bonds. The number of carbonyl (C=O) groups is 1. The second kappa shape index (κ2) is 3.98. The minimum Gasteiger partial charge on any atom is -0.508 e. The number of phenols is 1. The number of hydrogen-bond acceptors (Lipinski definition) is 3. The van der Waals surface area contributed by atoms with Gasteiger partial charge in [0.25, 0.3) is 0 Å². The van der Waals surface area contributed by atoms with Gasteiger partial charge >= 0.3 is 6.09 Å². The Morgan fingerprint density at radius 2 is 2.33 bits per heavy atom. The predicted molar refractivity (Wildman–Crippen MR) is 55.0 cm³/mol. The molecule has 2 rings (SSSR count). The summed E-state index contributed by atoms with van der Waals surface area (Å²) in [6, 6.07) is 4.53. The Morgan fingerprint density at radius 1 is 1.53 bits per heavy atom. The molecule has 1 heterocycles. The van der Waals surface area contributed by atoms with E-state index in [9.17, 15) is 9.90 Å². The number of amides is 1. The number of halogens is 1. The largest absolute Gasteiger partial charge is 0.508 e. The first-order chi connectivity index (χ1) is 7.16. The van der Waals surface area contributed by atoms with E-state index in [2.05, 4.69) is 5.32 Å². The fraction of sp³-hybridized carbons (Fsp3) is 0.300. The number of hydrogen-bond donors (Lipinski definition) is 2. The second-order valence-corrected chi connectivity index (χ2v) is 3.76. The van der Waals surface area contributed by atoms with Gasteiger partial charge in [-0.3, -0.25) is 0 Å². The number of cyclic esters (lactones) is 1. The minimum atomic E-state index is -0.467. The van der Waals surface area contributed by atoms with Crippen LogP contribution in [0.25, 0.3) is 0 Å². The van der Waals surface area contributed by atoms with Crippen LogP contribution in [-0.4, -0.2) is 17.8 Å². The molecule has 1 aliphatic heterocycles. The normalized spacial score (nSPS) is 20.6. The van der Waals surface area contributed by atoms with Crippen LogP contribution in [0.4, 0.5) is 4.79 Å². The summed E-state index contributed by atoms with van der Waals surface area (Å²) in [6.45, 7) is 0.350. The van der Waals surface area contributed by atoms with Crippen LogP contribution in [0, 0.1) is 0 Å². The quantitative estimate of drug-likeness (QED) is 0.774. The summed E-state index contributed by atoms with van der Waals surface area (Å²) in [5, 5.41) is 12.8. The van der Waals surface area contributed by atoms with Crippen molar-refractivity contribution in [1.29, 1.82) is 0 Å². The van der Waals surface area contributed by atoms with Crippen LogP contribution in [0.3, 0.4) is 0 Å². The van der Waals surface area contributed by atoms with Gasteiger partial charge in [-0.1, -0.05) is 11.6 Å². The fourth-order valence-corrected chi connectivity index (χ4v) is 1.74. The molecule has 0 saturated carbocycles. The highest BCUT2D eigenvalue weighted by Gasteiger charge is 2.23. The molecule has 1 atom stereocenters. The molecule has 1 fully saturated rings. The van der Waals surface area contributed by atoms with Crippen LogP contribution in [0.2, 0.25) is 5.02 Å². The smallest absolute Gasteiger partial charge is 0.407 e. The van der Waals surface area contributed by atoms with Crippen molar-refractivity contribution in [3.8, 4) is 5.75 Å². The average molecular weight is 228 g/mol. The number of alkyl carbamates (subject to hydrolysis) is 1. The van der Waals surface area contributed by atoms with Crippen molar-refractivity contribution in [3.05, 3.63) is 28.8 Å². The third kappa shape index (κ3) is 2.15. The van der Waals surface area contributed by atoms with Gasteiger partial charge in [0.05, 0.1) is 12.6 Å². The number of rotatable bonds is 1. The van der Waals surface area contributed by atoms with Crippen LogP contribution in [-0.2, 0) is 4.74 Å². The maximum atomic E-state index is 11.0. The maximum Gasteiger partial charge on any atom is 0.407 e. The molecular weight excluding hydrogens is 218 g/mol. The molecule has 2 N–H and O–H groups in total. The number of ether oxygens (including phenoxy) is 1. The maximum absolute atomic E-state index is 11.0. The molecular formula is C10H10ClNO3. The van der Waals surface area contributed by atoms with Crippen molar-refractivity contribution in [2.45, 2.75) is 12.5 Å². The van der Waals surface area contributed by atoms with Gasteiger partial charge in [0, 0.05) is 17.0 Å². The molecule has 0 aliphatic carbocycles. The molecule has 1 saturated heterocycles. The minimum absolute atomic E-state index is 0.131. The van der Waals surface area contributed by atoms with Gasteiger partial charge in [0.2, 0.25) is 0 Å². The molecule has 0 radical (unpaired) electrons. The van der Waals surface area contributed by atoms with E-state index in [1.54, 1.807) is 12.1 Å². The zero-order chi connectivity index (χ0) is 10.8. The van der Waals surface area contributed by atoms with E-state index in [1.165, 1.54) is 6.07 Å². The number of aromatic hydroxyl groups is 1. The lowest BCUT2D eigenvalue weighted by atomic mass is 10.0. The van der Waals surface area contributed by atoms with Gasteiger partial charge in [0.15, 0.2) is 0 Å². The topological polar surface area (TPSA) is 58.6 Å². The first-order valence-electron chi connectivity index (χ1n) is 4.58. The van der Waals surface area contributed by atoms with Crippen molar-refractivity contribution in [1.82, 2.24) is 5.32 Å². The predicted octanol–water partition coefficient (Wildman–Crippen LogP) is 2.22.